The Morgan fingerprint density at radius 1 is 1.12 bits per heavy atom. The molecule has 0 aromatic carbocycles. The minimum absolute atomic E-state index is 0.443. The van der Waals surface area contributed by atoms with Crippen molar-refractivity contribution in [1.29, 1.82) is 0 Å². The summed E-state index contributed by atoms with van der Waals surface area (Å²) in [5.41, 5.74) is 0.443. The molecule has 0 unspecified atom stereocenters. The second-order valence-electron chi connectivity index (χ2n) is 6.52. The zero-order chi connectivity index (χ0) is 12.5. The summed E-state index contributed by atoms with van der Waals surface area (Å²) in [6.07, 6.45) is 5.42. The molecule has 0 N–H and O–H groups in total. The van der Waals surface area contributed by atoms with Crippen molar-refractivity contribution in [3.05, 3.63) is 0 Å². The Morgan fingerprint density at radius 2 is 1.88 bits per heavy atom. The summed E-state index contributed by atoms with van der Waals surface area (Å²) in [6, 6.07) is 0.676. The van der Waals surface area contributed by atoms with Crippen molar-refractivity contribution < 1.29 is 4.74 Å². The molecule has 2 heterocycles. The zero-order valence-electron chi connectivity index (χ0n) is 12.0. The molecular formula is C15H29NO. The highest BCUT2D eigenvalue weighted by molar-refractivity contribution is 5.02. The lowest BCUT2D eigenvalue weighted by atomic mass is 9.68. The molecule has 2 aliphatic rings. The number of ether oxygens (including phenoxy) is 1. The summed E-state index contributed by atoms with van der Waals surface area (Å²) >= 11 is 0. The molecule has 2 aliphatic heterocycles. The fourth-order valence-electron chi connectivity index (χ4n) is 4.13. The van der Waals surface area contributed by atoms with Crippen molar-refractivity contribution in [3.63, 3.8) is 0 Å². The maximum Gasteiger partial charge on any atom is 0.0514 e. The van der Waals surface area contributed by atoms with Gasteiger partial charge in [-0.25, -0.2) is 0 Å². The van der Waals surface area contributed by atoms with E-state index in [-0.39, 0.29) is 0 Å². The smallest absolute Gasteiger partial charge is 0.0514 e. The number of likely N-dealkylation sites (tertiary alicyclic amines) is 1. The fraction of sp³-hybridized carbons (Fsp3) is 1.00. The van der Waals surface area contributed by atoms with Crippen molar-refractivity contribution in [2.24, 2.45) is 11.8 Å². The van der Waals surface area contributed by atoms with Gasteiger partial charge in [-0.15, -0.1) is 0 Å². The van der Waals surface area contributed by atoms with Crippen LogP contribution < -0.4 is 0 Å². The van der Waals surface area contributed by atoms with Gasteiger partial charge in [-0.05, 0) is 45.6 Å². The summed E-state index contributed by atoms with van der Waals surface area (Å²) < 4.78 is 5.77. The Labute approximate surface area is 107 Å². The summed E-state index contributed by atoms with van der Waals surface area (Å²) in [6.45, 7) is 12.7. The lowest BCUT2D eigenvalue weighted by molar-refractivity contribution is -0.119. The number of piperidine rings is 1. The third-order valence-corrected chi connectivity index (χ3v) is 4.93. The highest BCUT2D eigenvalue weighted by Crippen LogP contribution is 2.44. The van der Waals surface area contributed by atoms with Gasteiger partial charge in [0.05, 0.1) is 6.61 Å². The van der Waals surface area contributed by atoms with E-state index in [1.54, 1.807) is 0 Å². The molecule has 2 saturated heterocycles. The average molecular weight is 239 g/mol. The van der Waals surface area contributed by atoms with Crippen LogP contribution in [0.25, 0.3) is 0 Å². The third-order valence-electron chi connectivity index (χ3n) is 4.93. The first-order valence-electron chi connectivity index (χ1n) is 7.42. The normalized spacial score (nSPS) is 36.0. The molecule has 0 radical (unpaired) electrons. The van der Waals surface area contributed by atoms with Crippen LogP contribution in [0, 0.1) is 11.8 Å². The summed E-state index contributed by atoms with van der Waals surface area (Å²) in [5.74, 6) is 1.45. The van der Waals surface area contributed by atoms with Crippen LogP contribution in [0.4, 0.5) is 0 Å². The third kappa shape index (κ3) is 2.39. The van der Waals surface area contributed by atoms with E-state index in [1.165, 1.54) is 32.2 Å². The highest BCUT2D eigenvalue weighted by atomic mass is 16.5. The van der Waals surface area contributed by atoms with Crippen LogP contribution in [0.5, 0.6) is 0 Å². The minimum atomic E-state index is 0.443. The molecule has 0 aliphatic carbocycles. The van der Waals surface area contributed by atoms with Crippen LogP contribution in [0.1, 0.15) is 53.4 Å². The van der Waals surface area contributed by atoms with Crippen molar-refractivity contribution in [2.75, 3.05) is 19.8 Å². The molecule has 0 aromatic rings. The summed E-state index contributed by atoms with van der Waals surface area (Å²) in [4.78, 5) is 2.80. The molecule has 2 heteroatoms. The Balaban J connectivity index is 2.26. The number of hydrogen-bond acceptors (Lipinski definition) is 2. The van der Waals surface area contributed by atoms with Gasteiger partial charge in [-0.1, -0.05) is 20.3 Å². The molecule has 100 valence electrons. The van der Waals surface area contributed by atoms with E-state index < -0.39 is 0 Å². The lowest BCUT2D eigenvalue weighted by Crippen LogP contribution is -2.63. The molecule has 2 atom stereocenters. The van der Waals surface area contributed by atoms with Gasteiger partial charge in [0.2, 0.25) is 0 Å². The first kappa shape index (κ1) is 13.4. The van der Waals surface area contributed by atoms with E-state index in [1.807, 2.05) is 0 Å². The van der Waals surface area contributed by atoms with Gasteiger partial charge in [0.15, 0.2) is 0 Å². The van der Waals surface area contributed by atoms with Crippen LogP contribution in [-0.2, 0) is 4.74 Å². The SMILES string of the molecule is CC(C)[C@H]1COCC[C@]12CCCCN2C(C)C. The van der Waals surface area contributed by atoms with E-state index in [0.717, 1.165) is 25.0 Å². The largest absolute Gasteiger partial charge is 0.381 e. The van der Waals surface area contributed by atoms with Crippen LogP contribution in [-0.4, -0.2) is 36.2 Å². The van der Waals surface area contributed by atoms with Gasteiger partial charge in [0.1, 0.15) is 0 Å². The number of rotatable bonds is 2. The van der Waals surface area contributed by atoms with Gasteiger partial charge in [0.25, 0.3) is 0 Å². The number of nitrogens with zero attached hydrogens (tertiary/aromatic N) is 1. The van der Waals surface area contributed by atoms with Crippen LogP contribution in [0.2, 0.25) is 0 Å². The number of hydrogen-bond donors (Lipinski definition) is 0. The summed E-state index contributed by atoms with van der Waals surface area (Å²) in [7, 11) is 0. The van der Waals surface area contributed by atoms with Crippen LogP contribution in [0.3, 0.4) is 0 Å². The highest BCUT2D eigenvalue weighted by Gasteiger charge is 2.48. The predicted molar refractivity (Wildman–Crippen MR) is 72.2 cm³/mol. The van der Waals surface area contributed by atoms with Crippen LogP contribution >= 0.6 is 0 Å². The lowest BCUT2D eigenvalue weighted by Gasteiger charge is -2.56. The van der Waals surface area contributed by atoms with E-state index >= 15 is 0 Å². The van der Waals surface area contributed by atoms with Crippen LogP contribution in [0.15, 0.2) is 0 Å². The van der Waals surface area contributed by atoms with Gasteiger partial charge in [-0.2, -0.15) is 0 Å². The Hall–Kier alpha value is -0.0800. The molecule has 0 bridgehead atoms. The standard InChI is InChI=1S/C15H29NO/c1-12(2)14-11-17-10-8-15(14)7-5-6-9-16(15)13(3)4/h12-14H,5-11H2,1-4H3/t14-,15-/m1/s1. The first-order valence-corrected chi connectivity index (χ1v) is 7.42. The van der Waals surface area contributed by atoms with Gasteiger partial charge in [0, 0.05) is 24.1 Å². The van der Waals surface area contributed by atoms with Gasteiger partial charge in [-0.3, -0.25) is 4.90 Å². The Bertz CT molecular complexity index is 223. The van der Waals surface area contributed by atoms with Crippen molar-refractivity contribution in [2.45, 2.75) is 65.0 Å². The average Bonchev–Trinajstić information content (AvgIpc) is 2.29. The molecular weight excluding hydrogens is 210 g/mol. The molecule has 1 spiro atoms. The van der Waals surface area contributed by atoms with E-state index in [9.17, 15) is 0 Å². The van der Waals surface area contributed by atoms with E-state index in [2.05, 4.69) is 32.6 Å². The maximum absolute atomic E-state index is 5.77. The summed E-state index contributed by atoms with van der Waals surface area (Å²) in [5, 5.41) is 0. The topological polar surface area (TPSA) is 12.5 Å². The molecule has 2 rings (SSSR count). The second kappa shape index (κ2) is 5.27. The van der Waals surface area contributed by atoms with Gasteiger partial charge >= 0.3 is 0 Å². The van der Waals surface area contributed by atoms with Gasteiger partial charge < -0.3 is 4.74 Å². The first-order chi connectivity index (χ1) is 8.08. The Morgan fingerprint density at radius 3 is 2.53 bits per heavy atom. The van der Waals surface area contributed by atoms with Crippen molar-refractivity contribution in [1.82, 2.24) is 4.90 Å². The molecule has 2 nitrogen and oxygen atoms in total. The van der Waals surface area contributed by atoms with E-state index in [0.29, 0.717) is 11.6 Å². The molecule has 17 heavy (non-hydrogen) atoms. The van der Waals surface area contributed by atoms with E-state index in [4.69, 9.17) is 4.74 Å². The van der Waals surface area contributed by atoms with Crippen molar-refractivity contribution in [3.8, 4) is 0 Å². The molecule has 0 aromatic heterocycles. The van der Waals surface area contributed by atoms with Crippen molar-refractivity contribution >= 4 is 0 Å². The quantitative estimate of drug-likeness (QED) is 0.733. The maximum atomic E-state index is 5.77. The molecule has 0 amide bonds. The fourth-order valence-corrected chi connectivity index (χ4v) is 4.13. The Kier molecular flexibility index (Phi) is 4.14. The predicted octanol–water partition coefficient (Wildman–Crippen LogP) is 3.31. The molecule has 0 saturated carbocycles. The minimum Gasteiger partial charge on any atom is -0.381 e. The second-order valence-corrected chi connectivity index (χ2v) is 6.52. The zero-order valence-corrected chi connectivity index (χ0v) is 12.0. The molecule has 2 fully saturated rings. The monoisotopic (exact) mass is 239 g/mol.